The van der Waals surface area contributed by atoms with E-state index in [1.807, 2.05) is 0 Å². The normalized spacial score (nSPS) is 12.8. The lowest BCUT2D eigenvalue weighted by molar-refractivity contribution is -0.137. The number of carboxylic acid groups (broad SMARTS) is 1. The van der Waals surface area contributed by atoms with Gasteiger partial charge in [-0.15, -0.1) is 0 Å². The predicted molar refractivity (Wildman–Crippen MR) is 70.7 cm³/mol. The highest BCUT2D eigenvalue weighted by molar-refractivity contribution is 5.68. The summed E-state index contributed by atoms with van der Waals surface area (Å²) in [7, 11) is 0. The van der Waals surface area contributed by atoms with E-state index in [0.717, 1.165) is 0 Å². The first-order chi connectivity index (χ1) is 9.27. The molecule has 0 saturated heterocycles. The Kier molecular flexibility index (Phi) is 5.21. The van der Waals surface area contributed by atoms with Crippen molar-refractivity contribution in [3.8, 4) is 0 Å². The quantitative estimate of drug-likeness (QED) is 0.664. The number of aliphatic hydroxyl groups is 1. The smallest absolute Gasteiger partial charge is 0.305 e. The van der Waals surface area contributed by atoms with Crippen LogP contribution in [0.1, 0.15) is 43.0 Å². The van der Waals surface area contributed by atoms with Gasteiger partial charge < -0.3 is 15.5 Å². The Hall–Kier alpha value is -1.95. The van der Waals surface area contributed by atoms with Crippen molar-refractivity contribution in [1.29, 1.82) is 0 Å². The van der Waals surface area contributed by atoms with E-state index in [4.69, 9.17) is 5.11 Å². The van der Waals surface area contributed by atoms with E-state index in [1.165, 1.54) is 12.1 Å². The maximum absolute atomic E-state index is 12.9. The minimum atomic E-state index is -1.19. The molecule has 1 atom stereocenters. The topological polar surface area (TPSA) is 86.6 Å². The van der Waals surface area contributed by atoms with Crippen molar-refractivity contribution < 1.29 is 24.2 Å². The minimum Gasteiger partial charge on any atom is -0.481 e. The van der Waals surface area contributed by atoms with E-state index in [-0.39, 0.29) is 6.42 Å². The highest BCUT2D eigenvalue weighted by Crippen LogP contribution is 2.27. The number of halogens is 1. The van der Waals surface area contributed by atoms with Crippen LogP contribution in [-0.2, 0) is 21.9 Å². The Morgan fingerprint density at radius 3 is 2.55 bits per heavy atom. The molecular weight excluding hydrogens is 265 g/mol. The van der Waals surface area contributed by atoms with Crippen LogP contribution in [0.2, 0.25) is 0 Å². The summed E-state index contributed by atoms with van der Waals surface area (Å²) in [4.78, 5) is 21.4. The number of amides is 1. The van der Waals surface area contributed by atoms with Gasteiger partial charge in [0.2, 0.25) is 6.41 Å². The van der Waals surface area contributed by atoms with Gasteiger partial charge in [-0.25, -0.2) is 4.39 Å². The van der Waals surface area contributed by atoms with Crippen LogP contribution >= 0.6 is 0 Å². The van der Waals surface area contributed by atoms with E-state index < -0.39 is 24.3 Å². The van der Waals surface area contributed by atoms with E-state index in [2.05, 4.69) is 5.32 Å². The molecule has 1 aromatic rings. The van der Waals surface area contributed by atoms with Crippen LogP contribution in [0.15, 0.2) is 18.2 Å². The number of nitrogens with one attached hydrogen (secondary N) is 1. The van der Waals surface area contributed by atoms with E-state index in [0.29, 0.717) is 23.1 Å². The molecule has 0 heterocycles. The van der Waals surface area contributed by atoms with Crippen molar-refractivity contribution >= 4 is 12.4 Å². The SMILES string of the molecule is CC(C)(O)c1cc(CF)cc(C(CC(=O)O)NC=O)c1. The number of carbonyl (C=O) groups excluding carboxylic acids is 1. The molecule has 0 aliphatic rings. The van der Waals surface area contributed by atoms with Crippen molar-refractivity contribution in [3.05, 3.63) is 34.9 Å². The monoisotopic (exact) mass is 283 g/mol. The predicted octanol–water partition coefficient (Wildman–Crippen LogP) is 1.65. The first-order valence-corrected chi connectivity index (χ1v) is 6.12. The summed E-state index contributed by atoms with van der Waals surface area (Å²) in [5, 5.41) is 21.2. The maximum atomic E-state index is 12.9. The van der Waals surface area contributed by atoms with Crippen LogP contribution in [0.25, 0.3) is 0 Å². The maximum Gasteiger partial charge on any atom is 0.305 e. The molecule has 110 valence electrons. The molecule has 0 aliphatic heterocycles. The van der Waals surface area contributed by atoms with Crippen LogP contribution in [-0.4, -0.2) is 22.6 Å². The van der Waals surface area contributed by atoms with Gasteiger partial charge in [-0.1, -0.05) is 18.2 Å². The molecule has 0 saturated carbocycles. The average molecular weight is 283 g/mol. The Balaban J connectivity index is 3.25. The van der Waals surface area contributed by atoms with Crippen LogP contribution in [0, 0.1) is 0 Å². The molecule has 0 spiro atoms. The van der Waals surface area contributed by atoms with Crippen molar-refractivity contribution in [2.75, 3.05) is 0 Å². The van der Waals surface area contributed by atoms with Gasteiger partial charge in [0.15, 0.2) is 0 Å². The third-order valence-electron chi connectivity index (χ3n) is 2.93. The largest absolute Gasteiger partial charge is 0.481 e. The molecule has 1 unspecified atom stereocenters. The summed E-state index contributed by atoms with van der Waals surface area (Å²) >= 11 is 0. The summed E-state index contributed by atoms with van der Waals surface area (Å²) in [6, 6.07) is 3.81. The standard InChI is InChI=1S/C14H18FNO4/c1-14(2,20)11-4-9(7-15)3-10(5-11)12(16-8-17)6-13(18)19/h3-5,8,12,20H,6-7H2,1-2H3,(H,16,17)(H,18,19). The molecule has 6 heteroatoms. The van der Waals surface area contributed by atoms with Gasteiger partial charge in [0.25, 0.3) is 0 Å². The third kappa shape index (κ3) is 4.31. The van der Waals surface area contributed by atoms with E-state index in [1.54, 1.807) is 19.9 Å². The van der Waals surface area contributed by atoms with E-state index >= 15 is 0 Å². The summed E-state index contributed by atoms with van der Waals surface area (Å²) in [5.41, 5.74) is 0.0507. The fourth-order valence-electron chi connectivity index (χ4n) is 1.88. The molecule has 0 radical (unpaired) electrons. The summed E-state index contributed by atoms with van der Waals surface area (Å²) < 4.78 is 12.9. The van der Waals surface area contributed by atoms with Crippen molar-refractivity contribution in [2.45, 2.75) is 38.6 Å². The highest BCUT2D eigenvalue weighted by atomic mass is 19.1. The lowest BCUT2D eigenvalue weighted by atomic mass is 9.91. The molecule has 0 aromatic heterocycles. The molecule has 20 heavy (non-hydrogen) atoms. The molecule has 1 amide bonds. The number of hydrogen-bond donors (Lipinski definition) is 3. The fourth-order valence-corrected chi connectivity index (χ4v) is 1.88. The Labute approximate surface area is 116 Å². The van der Waals surface area contributed by atoms with Crippen molar-refractivity contribution in [1.82, 2.24) is 5.32 Å². The van der Waals surface area contributed by atoms with Crippen LogP contribution in [0.4, 0.5) is 4.39 Å². The van der Waals surface area contributed by atoms with Crippen molar-refractivity contribution in [3.63, 3.8) is 0 Å². The molecular formula is C14H18FNO4. The highest BCUT2D eigenvalue weighted by Gasteiger charge is 2.21. The second kappa shape index (κ2) is 6.47. The number of aliphatic carboxylic acids is 1. The van der Waals surface area contributed by atoms with Gasteiger partial charge in [0, 0.05) is 0 Å². The third-order valence-corrected chi connectivity index (χ3v) is 2.93. The summed E-state index contributed by atoms with van der Waals surface area (Å²) in [6.45, 7) is 2.36. The first-order valence-electron chi connectivity index (χ1n) is 6.12. The van der Waals surface area contributed by atoms with Gasteiger partial charge in [-0.3, -0.25) is 9.59 Å². The number of rotatable bonds is 7. The van der Waals surface area contributed by atoms with Gasteiger partial charge in [-0.2, -0.15) is 0 Å². The molecule has 1 rings (SSSR count). The second-order valence-corrected chi connectivity index (χ2v) is 5.09. The number of carboxylic acids is 1. The number of alkyl halides is 1. The molecule has 0 bridgehead atoms. The van der Waals surface area contributed by atoms with Crippen LogP contribution in [0.5, 0.6) is 0 Å². The summed E-state index contributed by atoms with van der Waals surface area (Å²) in [6.07, 6.45) is 0.0826. The zero-order chi connectivity index (χ0) is 15.3. The molecule has 5 nitrogen and oxygen atoms in total. The number of carbonyl (C=O) groups is 2. The molecule has 0 fully saturated rings. The Morgan fingerprint density at radius 1 is 1.45 bits per heavy atom. The zero-order valence-electron chi connectivity index (χ0n) is 11.4. The molecule has 3 N–H and O–H groups in total. The Bertz CT molecular complexity index is 496. The zero-order valence-corrected chi connectivity index (χ0v) is 11.4. The summed E-state index contributed by atoms with van der Waals surface area (Å²) in [5.74, 6) is -1.08. The van der Waals surface area contributed by atoms with Crippen molar-refractivity contribution in [2.24, 2.45) is 0 Å². The molecule has 1 aromatic carbocycles. The van der Waals surface area contributed by atoms with Crippen LogP contribution < -0.4 is 5.32 Å². The first kappa shape index (κ1) is 16.1. The lowest BCUT2D eigenvalue weighted by Gasteiger charge is -2.22. The van der Waals surface area contributed by atoms with Gasteiger partial charge in [-0.05, 0) is 30.5 Å². The average Bonchev–Trinajstić information content (AvgIpc) is 2.36. The van der Waals surface area contributed by atoms with Gasteiger partial charge in [0.05, 0.1) is 18.1 Å². The number of benzene rings is 1. The van der Waals surface area contributed by atoms with Crippen LogP contribution in [0.3, 0.4) is 0 Å². The lowest BCUT2D eigenvalue weighted by Crippen LogP contribution is -2.24. The van der Waals surface area contributed by atoms with E-state index in [9.17, 15) is 19.1 Å². The fraction of sp³-hybridized carbons (Fsp3) is 0.429. The van der Waals surface area contributed by atoms with Gasteiger partial charge >= 0.3 is 5.97 Å². The Morgan fingerprint density at radius 2 is 2.10 bits per heavy atom. The van der Waals surface area contributed by atoms with Gasteiger partial charge in [0.1, 0.15) is 6.67 Å². The second-order valence-electron chi connectivity index (χ2n) is 5.09. The molecule has 0 aliphatic carbocycles. The minimum absolute atomic E-state index is 0.320. The number of hydrogen-bond acceptors (Lipinski definition) is 3.